The van der Waals surface area contributed by atoms with Crippen molar-refractivity contribution in [3.8, 4) is 6.07 Å². The number of hydrogen-bond donors (Lipinski definition) is 1. The fourth-order valence-corrected chi connectivity index (χ4v) is 3.18. The van der Waals surface area contributed by atoms with E-state index in [0.717, 1.165) is 13.1 Å². The SMILES string of the molecule is CC(C)NC(C)(C#N)CN(C)CC1(N(C)C)CCC1. The summed E-state index contributed by atoms with van der Waals surface area (Å²) in [5.74, 6) is 0. The molecule has 1 saturated carbocycles. The van der Waals surface area contributed by atoms with Crippen LogP contribution < -0.4 is 5.32 Å². The van der Waals surface area contributed by atoms with Crippen LogP contribution in [0.1, 0.15) is 40.0 Å². The molecule has 110 valence electrons. The highest BCUT2D eigenvalue weighted by Crippen LogP contribution is 2.36. The van der Waals surface area contributed by atoms with Crippen LogP contribution in [0.3, 0.4) is 0 Å². The Bertz CT molecular complexity index is 328. The summed E-state index contributed by atoms with van der Waals surface area (Å²) < 4.78 is 0. The molecule has 0 aromatic rings. The molecule has 0 aromatic heterocycles. The summed E-state index contributed by atoms with van der Waals surface area (Å²) in [4.78, 5) is 4.66. The number of nitrogens with zero attached hydrogens (tertiary/aromatic N) is 3. The standard InChI is InChI=1S/C15H30N4/c1-13(2)17-14(3,10-16)11-19(6)12-15(18(4)5)8-7-9-15/h13,17H,7-9,11-12H2,1-6H3. The van der Waals surface area contributed by atoms with Crippen molar-refractivity contribution in [3.63, 3.8) is 0 Å². The van der Waals surface area contributed by atoms with Crippen molar-refractivity contribution in [2.45, 2.75) is 57.2 Å². The van der Waals surface area contributed by atoms with Crippen molar-refractivity contribution in [3.05, 3.63) is 0 Å². The van der Waals surface area contributed by atoms with Gasteiger partial charge in [-0.25, -0.2) is 0 Å². The summed E-state index contributed by atoms with van der Waals surface area (Å²) in [6.45, 7) is 7.96. The molecule has 1 N–H and O–H groups in total. The lowest BCUT2D eigenvalue weighted by Crippen LogP contribution is -2.59. The fraction of sp³-hybridized carbons (Fsp3) is 0.933. The monoisotopic (exact) mass is 266 g/mol. The molecule has 0 bridgehead atoms. The molecular weight excluding hydrogens is 236 g/mol. The molecule has 4 heteroatoms. The van der Waals surface area contributed by atoms with Gasteiger partial charge in [-0.2, -0.15) is 5.26 Å². The Morgan fingerprint density at radius 2 is 1.89 bits per heavy atom. The molecule has 1 fully saturated rings. The summed E-state index contributed by atoms with van der Waals surface area (Å²) in [7, 11) is 6.47. The van der Waals surface area contributed by atoms with E-state index >= 15 is 0 Å². The van der Waals surface area contributed by atoms with Gasteiger partial charge in [-0.3, -0.25) is 5.32 Å². The number of hydrogen-bond acceptors (Lipinski definition) is 4. The van der Waals surface area contributed by atoms with Crippen LogP contribution in [0.4, 0.5) is 0 Å². The normalized spacial score (nSPS) is 21.3. The molecule has 0 aliphatic heterocycles. The second-order valence-corrected chi connectivity index (χ2v) is 6.89. The molecule has 1 unspecified atom stereocenters. The summed E-state index contributed by atoms with van der Waals surface area (Å²) in [5, 5.41) is 12.8. The van der Waals surface area contributed by atoms with Crippen LogP contribution in [-0.4, -0.2) is 61.2 Å². The molecule has 0 aromatic carbocycles. The zero-order chi connectivity index (χ0) is 14.7. The quantitative estimate of drug-likeness (QED) is 0.761. The van der Waals surface area contributed by atoms with Gasteiger partial charge in [0.2, 0.25) is 0 Å². The van der Waals surface area contributed by atoms with E-state index in [1.165, 1.54) is 19.3 Å². The first-order valence-corrected chi connectivity index (χ1v) is 7.28. The molecule has 0 radical (unpaired) electrons. The lowest BCUT2D eigenvalue weighted by atomic mass is 9.75. The van der Waals surface area contributed by atoms with Crippen LogP contribution in [0.5, 0.6) is 0 Å². The van der Waals surface area contributed by atoms with E-state index in [9.17, 15) is 5.26 Å². The minimum absolute atomic E-state index is 0.322. The first-order chi connectivity index (χ1) is 8.73. The maximum absolute atomic E-state index is 9.41. The third-order valence-electron chi connectivity index (χ3n) is 4.24. The first kappa shape index (κ1) is 16.4. The topological polar surface area (TPSA) is 42.3 Å². The number of rotatable bonds is 7. The predicted octanol–water partition coefficient (Wildman–Crippen LogP) is 1.68. The van der Waals surface area contributed by atoms with Crippen molar-refractivity contribution in [2.24, 2.45) is 0 Å². The maximum Gasteiger partial charge on any atom is 0.116 e. The van der Waals surface area contributed by atoms with E-state index < -0.39 is 5.54 Å². The van der Waals surface area contributed by atoms with Gasteiger partial charge >= 0.3 is 0 Å². The molecule has 0 spiro atoms. The number of likely N-dealkylation sites (N-methyl/N-ethyl adjacent to an activating group) is 2. The second-order valence-electron chi connectivity index (χ2n) is 6.89. The molecule has 1 aliphatic rings. The van der Waals surface area contributed by atoms with Crippen molar-refractivity contribution in [1.82, 2.24) is 15.1 Å². The number of nitriles is 1. The molecule has 0 saturated heterocycles. The fourth-order valence-electron chi connectivity index (χ4n) is 3.18. The predicted molar refractivity (Wildman–Crippen MR) is 80.1 cm³/mol. The van der Waals surface area contributed by atoms with Crippen molar-refractivity contribution in [1.29, 1.82) is 5.26 Å². The lowest BCUT2D eigenvalue weighted by Gasteiger charge is -2.50. The average molecular weight is 266 g/mol. The Kier molecular flexibility index (Phi) is 5.37. The van der Waals surface area contributed by atoms with E-state index in [1.807, 2.05) is 6.92 Å². The van der Waals surface area contributed by atoms with Gasteiger partial charge in [-0.05, 0) is 61.2 Å². The lowest BCUT2D eigenvalue weighted by molar-refractivity contribution is 0.0234. The molecule has 1 aliphatic carbocycles. The maximum atomic E-state index is 9.41. The number of nitrogens with one attached hydrogen (secondary N) is 1. The summed E-state index contributed by atoms with van der Waals surface area (Å²) in [5.41, 5.74) is -0.150. The van der Waals surface area contributed by atoms with E-state index in [2.05, 4.69) is 56.2 Å². The smallest absolute Gasteiger partial charge is 0.116 e. The molecule has 19 heavy (non-hydrogen) atoms. The zero-order valence-electron chi connectivity index (χ0n) is 13.5. The van der Waals surface area contributed by atoms with Gasteiger partial charge in [0.15, 0.2) is 0 Å². The van der Waals surface area contributed by atoms with Gasteiger partial charge < -0.3 is 9.80 Å². The van der Waals surface area contributed by atoms with E-state index in [4.69, 9.17) is 0 Å². The van der Waals surface area contributed by atoms with Gasteiger partial charge in [0.05, 0.1) is 6.07 Å². The molecule has 0 heterocycles. The highest BCUT2D eigenvalue weighted by molar-refractivity contribution is 5.07. The van der Waals surface area contributed by atoms with Crippen LogP contribution in [-0.2, 0) is 0 Å². The van der Waals surface area contributed by atoms with Crippen LogP contribution in [0, 0.1) is 11.3 Å². The van der Waals surface area contributed by atoms with Crippen LogP contribution in [0.2, 0.25) is 0 Å². The van der Waals surface area contributed by atoms with Crippen LogP contribution in [0.15, 0.2) is 0 Å². The van der Waals surface area contributed by atoms with E-state index in [-0.39, 0.29) is 0 Å². The van der Waals surface area contributed by atoms with Gasteiger partial charge in [0, 0.05) is 24.7 Å². The molecule has 1 atom stereocenters. The Hall–Kier alpha value is -0.630. The molecule has 0 amide bonds. The molecule has 1 rings (SSSR count). The summed E-state index contributed by atoms with van der Waals surface area (Å²) in [6, 6.07) is 2.75. The largest absolute Gasteiger partial charge is 0.302 e. The Morgan fingerprint density at radius 1 is 1.32 bits per heavy atom. The van der Waals surface area contributed by atoms with Crippen LogP contribution >= 0.6 is 0 Å². The van der Waals surface area contributed by atoms with Gasteiger partial charge in [-0.15, -0.1) is 0 Å². The Balaban J connectivity index is 2.59. The second kappa shape index (κ2) is 6.21. The third-order valence-corrected chi connectivity index (χ3v) is 4.24. The van der Waals surface area contributed by atoms with E-state index in [1.54, 1.807) is 0 Å². The van der Waals surface area contributed by atoms with Crippen LogP contribution in [0.25, 0.3) is 0 Å². The first-order valence-electron chi connectivity index (χ1n) is 7.28. The third kappa shape index (κ3) is 4.17. The highest BCUT2D eigenvalue weighted by atomic mass is 15.2. The Labute approximate surface area is 118 Å². The zero-order valence-corrected chi connectivity index (χ0v) is 13.5. The minimum atomic E-state index is -0.472. The summed E-state index contributed by atoms with van der Waals surface area (Å²) in [6.07, 6.45) is 3.86. The summed E-state index contributed by atoms with van der Waals surface area (Å²) >= 11 is 0. The van der Waals surface area contributed by atoms with Crippen molar-refractivity contribution >= 4 is 0 Å². The van der Waals surface area contributed by atoms with Gasteiger partial charge in [-0.1, -0.05) is 0 Å². The molecular formula is C15H30N4. The molecule has 4 nitrogen and oxygen atoms in total. The minimum Gasteiger partial charge on any atom is -0.302 e. The van der Waals surface area contributed by atoms with Gasteiger partial charge in [0.25, 0.3) is 0 Å². The van der Waals surface area contributed by atoms with Crippen molar-refractivity contribution < 1.29 is 0 Å². The average Bonchev–Trinajstić information content (AvgIpc) is 2.21. The highest BCUT2D eigenvalue weighted by Gasteiger charge is 2.40. The van der Waals surface area contributed by atoms with Gasteiger partial charge in [0.1, 0.15) is 5.54 Å². The van der Waals surface area contributed by atoms with E-state index in [0.29, 0.717) is 11.6 Å². The van der Waals surface area contributed by atoms with Crippen molar-refractivity contribution in [2.75, 3.05) is 34.2 Å². The Morgan fingerprint density at radius 3 is 2.21 bits per heavy atom.